The summed E-state index contributed by atoms with van der Waals surface area (Å²) in [6.45, 7) is 4.26. The van der Waals surface area contributed by atoms with Crippen molar-refractivity contribution in [3.05, 3.63) is 100 Å². The van der Waals surface area contributed by atoms with E-state index in [1.807, 2.05) is 13.8 Å². The predicted octanol–water partition coefficient (Wildman–Crippen LogP) is 6.32. The van der Waals surface area contributed by atoms with E-state index in [0.717, 1.165) is 28.2 Å². The van der Waals surface area contributed by atoms with Crippen molar-refractivity contribution >= 4 is 45.7 Å². The fourth-order valence-electron chi connectivity index (χ4n) is 5.10. The Hall–Kier alpha value is -4.22. The van der Waals surface area contributed by atoms with Crippen molar-refractivity contribution in [3.63, 3.8) is 0 Å². The number of thioether (sulfide) groups is 1. The fourth-order valence-corrected chi connectivity index (χ4v) is 6.92. The Morgan fingerprint density at radius 2 is 1.95 bits per heavy atom. The van der Waals surface area contributed by atoms with E-state index in [4.69, 9.17) is 9.47 Å². The summed E-state index contributed by atoms with van der Waals surface area (Å²) in [4.78, 5) is 28.4. The Bertz CT molecular complexity index is 1700. The van der Waals surface area contributed by atoms with Crippen LogP contribution in [0.15, 0.2) is 76.6 Å². The van der Waals surface area contributed by atoms with Gasteiger partial charge in [0.2, 0.25) is 5.13 Å². The average Bonchev–Trinajstić information content (AvgIpc) is 3.67. The molecule has 6 rings (SSSR count). The van der Waals surface area contributed by atoms with E-state index in [9.17, 15) is 19.1 Å². The van der Waals surface area contributed by atoms with Gasteiger partial charge in [0.05, 0.1) is 18.2 Å². The van der Waals surface area contributed by atoms with Crippen LogP contribution < -0.4 is 14.4 Å². The Morgan fingerprint density at radius 3 is 2.74 bits per heavy atom. The van der Waals surface area contributed by atoms with E-state index in [1.165, 1.54) is 28.8 Å². The van der Waals surface area contributed by atoms with Crippen LogP contribution in [0.1, 0.15) is 42.1 Å². The number of ketones is 1. The molecular formula is C31H26FN3O5S2. The molecule has 2 aliphatic rings. The highest BCUT2D eigenvalue weighted by molar-refractivity contribution is 8.00. The number of Topliss-reactive ketones (excluding diaryl/α,β-unsaturated/α-hetero) is 1. The van der Waals surface area contributed by atoms with Gasteiger partial charge < -0.3 is 14.6 Å². The standard InChI is InChI=1S/C31H26FN3O5S2/c1-3-39-23-6-4-5-19(15-23)26-25(27(36)20-9-12-24-21(14-20)13-17(2)40-24)28(37)29(38)35(26)30-33-34-31(42-30)41-16-18-7-10-22(32)11-8-18/h4-12,14-15,17,26,36H,3,13,16H2,1-2H3. The van der Waals surface area contributed by atoms with E-state index in [-0.39, 0.29) is 28.4 Å². The maximum Gasteiger partial charge on any atom is 0.301 e. The molecule has 0 spiro atoms. The van der Waals surface area contributed by atoms with Crippen molar-refractivity contribution < 1.29 is 28.6 Å². The smallest absolute Gasteiger partial charge is 0.301 e. The first-order valence-electron chi connectivity index (χ1n) is 13.4. The summed E-state index contributed by atoms with van der Waals surface area (Å²) < 4.78 is 25.3. The number of hydrogen-bond donors (Lipinski definition) is 1. The number of rotatable bonds is 8. The molecule has 0 saturated carbocycles. The number of halogens is 1. The van der Waals surface area contributed by atoms with Crippen molar-refractivity contribution in [1.82, 2.24) is 10.2 Å². The molecule has 1 saturated heterocycles. The number of benzene rings is 3. The zero-order chi connectivity index (χ0) is 29.4. The summed E-state index contributed by atoms with van der Waals surface area (Å²) in [7, 11) is 0. The molecular weight excluding hydrogens is 577 g/mol. The Morgan fingerprint density at radius 1 is 1.14 bits per heavy atom. The number of anilines is 1. The second-order valence-corrected chi connectivity index (χ2v) is 12.1. The van der Waals surface area contributed by atoms with E-state index < -0.39 is 17.7 Å². The lowest BCUT2D eigenvalue weighted by molar-refractivity contribution is -0.132. The molecule has 214 valence electrons. The van der Waals surface area contributed by atoms with E-state index in [2.05, 4.69) is 10.2 Å². The maximum absolute atomic E-state index is 13.6. The number of hydrogen-bond acceptors (Lipinski definition) is 9. The quantitative estimate of drug-likeness (QED) is 0.0821. The van der Waals surface area contributed by atoms with Crippen LogP contribution in [-0.2, 0) is 21.8 Å². The first-order chi connectivity index (χ1) is 20.3. The molecule has 42 heavy (non-hydrogen) atoms. The molecule has 11 heteroatoms. The summed E-state index contributed by atoms with van der Waals surface area (Å²) in [5.74, 6) is -0.396. The largest absolute Gasteiger partial charge is 0.507 e. The molecule has 1 N–H and O–H groups in total. The van der Waals surface area contributed by atoms with Crippen LogP contribution >= 0.6 is 23.1 Å². The first-order valence-corrected chi connectivity index (χ1v) is 15.2. The number of aliphatic hydroxyl groups excluding tert-OH is 1. The first kappa shape index (κ1) is 27.9. The minimum absolute atomic E-state index is 0.0109. The maximum atomic E-state index is 13.6. The summed E-state index contributed by atoms with van der Waals surface area (Å²) >= 11 is 2.55. The van der Waals surface area contributed by atoms with Gasteiger partial charge in [-0.25, -0.2) is 4.39 Å². The highest BCUT2D eigenvalue weighted by atomic mass is 32.2. The van der Waals surface area contributed by atoms with Gasteiger partial charge >= 0.3 is 5.91 Å². The minimum atomic E-state index is -0.961. The molecule has 1 fully saturated rings. The van der Waals surface area contributed by atoms with Gasteiger partial charge in [-0.05, 0) is 73.0 Å². The van der Waals surface area contributed by atoms with Gasteiger partial charge in [-0.3, -0.25) is 14.5 Å². The number of carbonyl (C=O) groups excluding carboxylic acids is 2. The Labute approximate surface area is 249 Å². The molecule has 2 unspecified atom stereocenters. The summed E-state index contributed by atoms with van der Waals surface area (Å²) in [6.07, 6.45) is 0.685. The molecule has 0 aliphatic carbocycles. The van der Waals surface area contributed by atoms with Gasteiger partial charge in [0.15, 0.2) is 4.34 Å². The lowest BCUT2D eigenvalue weighted by Gasteiger charge is -2.23. The van der Waals surface area contributed by atoms with Crippen LogP contribution in [0, 0.1) is 5.82 Å². The van der Waals surface area contributed by atoms with Crippen LogP contribution in [0.4, 0.5) is 9.52 Å². The summed E-state index contributed by atoms with van der Waals surface area (Å²) in [5, 5.41) is 20.3. The van der Waals surface area contributed by atoms with Gasteiger partial charge in [-0.2, -0.15) is 0 Å². The SMILES string of the molecule is CCOc1cccc(C2C(=C(O)c3ccc4c(c3)CC(C)O4)C(=O)C(=O)N2c2nnc(SCc3ccc(F)cc3)s2)c1. The fraction of sp³-hybridized carbons (Fsp3) is 0.226. The third kappa shape index (κ3) is 5.37. The number of aliphatic hydroxyl groups is 1. The lowest BCUT2D eigenvalue weighted by atomic mass is 9.94. The molecule has 3 aromatic carbocycles. The molecule has 4 aromatic rings. The molecule has 0 radical (unpaired) electrons. The Balaban J connectivity index is 1.39. The third-order valence-electron chi connectivity index (χ3n) is 6.98. The van der Waals surface area contributed by atoms with Crippen molar-refractivity contribution in [2.75, 3.05) is 11.5 Å². The normalized spacial score (nSPS) is 19.2. The number of amides is 1. The molecule has 3 heterocycles. The molecule has 1 amide bonds. The highest BCUT2D eigenvalue weighted by Crippen LogP contribution is 2.45. The molecule has 8 nitrogen and oxygen atoms in total. The topological polar surface area (TPSA) is 102 Å². The minimum Gasteiger partial charge on any atom is -0.507 e. The third-order valence-corrected chi connectivity index (χ3v) is 9.10. The predicted molar refractivity (Wildman–Crippen MR) is 158 cm³/mol. The van der Waals surface area contributed by atoms with Gasteiger partial charge in [0.25, 0.3) is 5.78 Å². The summed E-state index contributed by atoms with van der Waals surface area (Å²) in [6, 6.07) is 17.6. The van der Waals surface area contributed by atoms with E-state index in [1.54, 1.807) is 54.6 Å². The van der Waals surface area contributed by atoms with Crippen LogP contribution in [0.25, 0.3) is 5.76 Å². The van der Waals surface area contributed by atoms with Crippen LogP contribution in [0.5, 0.6) is 11.5 Å². The van der Waals surface area contributed by atoms with E-state index in [0.29, 0.717) is 40.0 Å². The van der Waals surface area contributed by atoms with Crippen molar-refractivity contribution in [2.24, 2.45) is 0 Å². The molecule has 0 bridgehead atoms. The number of carbonyl (C=O) groups is 2. The molecule has 2 atom stereocenters. The van der Waals surface area contributed by atoms with Gasteiger partial charge in [-0.15, -0.1) is 10.2 Å². The van der Waals surface area contributed by atoms with Crippen molar-refractivity contribution in [3.8, 4) is 11.5 Å². The van der Waals surface area contributed by atoms with Crippen molar-refractivity contribution in [1.29, 1.82) is 0 Å². The average molecular weight is 604 g/mol. The number of nitrogens with zero attached hydrogens (tertiary/aromatic N) is 3. The zero-order valence-corrected chi connectivity index (χ0v) is 24.4. The monoisotopic (exact) mass is 603 g/mol. The zero-order valence-electron chi connectivity index (χ0n) is 22.7. The van der Waals surface area contributed by atoms with Gasteiger partial charge in [0.1, 0.15) is 29.2 Å². The highest BCUT2D eigenvalue weighted by Gasteiger charge is 2.48. The van der Waals surface area contributed by atoms with Gasteiger partial charge in [-0.1, -0.05) is 47.4 Å². The lowest BCUT2D eigenvalue weighted by Crippen LogP contribution is -2.29. The van der Waals surface area contributed by atoms with Crippen LogP contribution in [-0.4, -0.2) is 39.7 Å². The second kappa shape index (κ2) is 11.6. The van der Waals surface area contributed by atoms with Crippen LogP contribution in [0.3, 0.4) is 0 Å². The number of aromatic nitrogens is 2. The molecule has 1 aromatic heterocycles. The number of fused-ring (bicyclic) bond motifs is 1. The van der Waals surface area contributed by atoms with Crippen LogP contribution in [0.2, 0.25) is 0 Å². The van der Waals surface area contributed by atoms with Crippen molar-refractivity contribution in [2.45, 2.75) is 42.5 Å². The van der Waals surface area contributed by atoms with Gasteiger partial charge in [0, 0.05) is 17.7 Å². The van der Waals surface area contributed by atoms with E-state index >= 15 is 0 Å². The second-order valence-electron chi connectivity index (χ2n) is 9.90. The molecule has 2 aliphatic heterocycles. The Kier molecular flexibility index (Phi) is 7.70. The number of ether oxygens (including phenoxy) is 2. The summed E-state index contributed by atoms with van der Waals surface area (Å²) in [5.41, 5.74) is 2.78.